The number of imide groups is 1. The maximum atomic E-state index is 13.5. The van der Waals surface area contributed by atoms with E-state index in [1.165, 1.54) is 24.3 Å². The lowest BCUT2D eigenvalue weighted by Gasteiger charge is -2.21. The maximum absolute atomic E-state index is 13.5. The van der Waals surface area contributed by atoms with Gasteiger partial charge in [-0.3, -0.25) is 9.59 Å². The standard InChI is InChI=1S/C26H23FN2O3/c1-3-32-22-15-9-19(10-16-22)23-24(28(2)17-18-7-5-4-6-8-18)26(31)29(25(23)30)21-13-11-20(27)12-14-21/h4-16H,3,17H2,1-2H3. The van der Waals surface area contributed by atoms with Gasteiger partial charge in [0, 0.05) is 13.6 Å². The number of anilines is 1. The number of carbonyl (C=O) groups is 2. The zero-order valence-corrected chi connectivity index (χ0v) is 17.9. The summed E-state index contributed by atoms with van der Waals surface area (Å²) in [5.41, 5.74) is 2.56. The smallest absolute Gasteiger partial charge is 0.282 e. The second kappa shape index (κ2) is 9.06. The van der Waals surface area contributed by atoms with Gasteiger partial charge in [-0.05, 0) is 54.4 Å². The first-order valence-corrected chi connectivity index (χ1v) is 10.4. The van der Waals surface area contributed by atoms with Crippen LogP contribution in [-0.4, -0.2) is 30.4 Å². The Kier molecular flexibility index (Phi) is 6.03. The van der Waals surface area contributed by atoms with Crippen LogP contribution in [0.25, 0.3) is 5.57 Å². The molecule has 0 bridgehead atoms. The van der Waals surface area contributed by atoms with Crippen LogP contribution < -0.4 is 9.64 Å². The van der Waals surface area contributed by atoms with Gasteiger partial charge < -0.3 is 9.64 Å². The van der Waals surface area contributed by atoms with E-state index < -0.39 is 17.6 Å². The van der Waals surface area contributed by atoms with Crippen LogP contribution in [0.15, 0.2) is 84.6 Å². The molecule has 32 heavy (non-hydrogen) atoms. The fourth-order valence-electron chi connectivity index (χ4n) is 3.78. The molecular formula is C26H23FN2O3. The molecular weight excluding hydrogens is 407 g/mol. The second-order valence-corrected chi connectivity index (χ2v) is 7.44. The monoisotopic (exact) mass is 430 g/mol. The number of likely N-dealkylation sites (N-methyl/N-ethyl adjacent to an activating group) is 1. The molecule has 4 rings (SSSR count). The number of rotatable bonds is 7. The highest BCUT2D eigenvalue weighted by atomic mass is 19.1. The molecule has 0 atom stereocenters. The van der Waals surface area contributed by atoms with Crippen LogP contribution in [0, 0.1) is 5.82 Å². The van der Waals surface area contributed by atoms with Crippen molar-refractivity contribution in [1.29, 1.82) is 0 Å². The zero-order chi connectivity index (χ0) is 22.7. The Labute approximate surface area is 186 Å². The molecule has 3 aromatic rings. The first-order valence-electron chi connectivity index (χ1n) is 10.4. The van der Waals surface area contributed by atoms with E-state index in [4.69, 9.17) is 4.74 Å². The number of nitrogens with zero attached hydrogens (tertiary/aromatic N) is 2. The van der Waals surface area contributed by atoms with Gasteiger partial charge in [0.25, 0.3) is 11.8 Å². The third-order valence-electron chi connectivity index (χ3n) is 5.24. The van der Waals surface area contributed by atoms with Crippen LogP contribution in [0.3, 0.4) is 0 Å². The van der Waals surface area contributed by atoms with Crippen molar-refractivity contribution >= 4 is 23.1 Å². The van der Waals surface area contributed by atoms with Crippen LogP contribution in [0.2, 0.25) is 0 Å². The molecule has 0 aromatic heterocycles. The summed E-state index contributed by atoms with van der Waals surface area (Å²) in [6.07, 6.45) is 0. The van der Waals surface area contributed by atoms with Crippen LogP contribution >= 0.6 is 0 Å². The Morgan fingerprint density at radius 1 is 0.875 bits per heavy atom. The number of hydrogen-bond donors (Lipinski definition) is 0. The van der Waals surface area contributed by atoms with Crippen molar-refractivity contribution in [3.8, 4) is 5.75 Å². The predicted octanol–water partition coefficient (Wildman–Crippen LogP) is 4.64. The van der Waals surface area contributed by atoms with Gasteiger partial charge in [-0.2, -0.15) is 0 Å². The van der Waals surface area contributed by atoms with Gasteiger partial charge in [0.05, 0.1) is 17.9 Å². The van der Waals surface area contributed by atoms with Gasteiger partial charge in [0.15, 0.2) is 0 Å². The molecule has 1 aliphatic rings. The fraction of sp³-hybridized carbons (Fsp3) is 0.154. The summed E-state index contributed by atoms with van der Waals surface area (Å²) in [5, 5.41) is 0. The Hall–Kier alpha value is -3.93. The lowest BCUT2D eigenvalue weighted by atomic mass is 10.0. The van der Waals surface area contributed by atoms with E-state index in [-0.39, 0.29) is 0 Å². The number of ether oxygens (including phenoxy) is 1. The first kappa shape index (κ1) is 21.3. The van der Waals surface area contributed by atoms with Gasteiger partial charge in [0.1, 0.15) is 17.3 Å². The predicted molar refractivity (Wildman–Crippen MR) is 121 cm³/mol. The summed E-state index contributed by atoms with van der Waals surface area (Å²) in [7, 11) is 1.79. The molecule has 0 unspecified atom stereocenters. The van der Waals surface area contributed by atoms with Crippen molar-refractivity contribution < 1.29 is 18.7 Å². The molecule has 1 aliphatic heterocycles. The van der Waals surface area contributed by atoms with Gasteiger partial charge in [-0.15, -0.1) is 0 Å². The summed E-state index contributed by atoms with van der Waals surface area (Å²) < 4.78 is 18.9. The third-order valence-corrected chi connectivity index (χ3v) is 5.24. The molecule has 0 spiro atoms. The van der Waals surface area contributed by atoms with E-state index >= 15 is 0 Å². The molecule has 3 aromatic carbocycles. The Bertz CT molecular complexity index is 1160. The zero-order valence-electron chi connectivity index (χ0n) is 17.9. The number of hydrogen-bond acceptors (Lipinski definition) is 4. The van der Waals surface area contributed by atoms with Crippen LogP contribution in [0.1, 0.15) is 18.1 Å². The van der Waals surface area contributed by atoms with Crippen LogP contribution in [0.5, 0.6) is 5.75 Å². The van der Waals surface area contributed by atoms with Gasteiger partial charge in [-0.1, -0.05) is 42.5 Å². The molecule has 0 radical (unpaired) electrons. The highest BCUT2D eigenvalue weighted by Crippen LogP contribution is 2.35. The van der Waals surface area contributed by atoms with Crippen LogP contribution in [-0.2, 0) is 16.1 Å². The van der Waals surface area contributed by atoms with E-state index in [2.05, 4.69) is 0 Å². The number of benzene rings is 3. The van der Waals surface area contributed by atoms with Crippen LogP contribution in [0.4, 0.5) is 10.1 Å². The molecule has 0 N–H and O–H groups in total. The average Bonchev–Trinajstić information content (AvgIpc) is 3.06. The summed E-state index contributed by atoms with van der Waals surface area (Å²) >= 11 is 0. The lowest BCUT2D eigenvalue weighted by molar-refractivity contribution is -0.120. The normalized spacial score (nSPS) is 13.7. The quantitative estimate of drug-likeness (QED) is 0.513. The van der Waals surface area contributed by atoms with Gasteiger partial charge >= 0.3 is 0 Å². The van der Waals surface area contributed by atoms with E-state index in [1.807, 2.05) is 37.3 Å². The van der Waals surface area contributed by atoms with Crippen molar-refractivity contribution in [3.05, 3.63) is 102 Å². The molecule has 0 saturated carbocycles. The van der Waals surface area contributed by atoms with Crippen molar-refractivity contribution in [1.82, 2.24) is 4.90 Å². The Morgan fingerprint density at radius 2 is 1.53 bits per heavy atom. The van der Waals surface area contributed by atoms with E-state index in [1.54, 1.807) is 36.2 Å². The van der Waals surface area contributed by atoms with E-state index in [9.17, 15) is 14.0 Å². The van der Waals surface area contributed by atoms with Crippen molar-refractivity contribution in [2.24, 2.45) is 0 Å². The minimum absolute atomic E-state index is 0.298. The molecule has 2 amide bonds. The number of carbonyl (C=O) groups excluding carboxylic acids is 2. The number of halogens is 1. The van der Waals surface area contributed by atoms with E-state index in [0.717, 1.165) is 10.5 Å². The summed E-state index contributed by atoms with van der Waals surface area (Å²) in [6.45, 7) is 2.88. The fourth-order valence-corrected chi connectivity index (χ4v) is 3.78. The largest absolute Gasteiger partial charge is 0.494 e. The lowest BCUT2D eigenvalue weighted by Crippen LogP contribution is -2.34. The molecule has 5 nitrogen and oxygen atoms in total. The molecule has 0 fully saturated rings. The maximum Gasteiger partial charge on any atom is 0.282 e. The van der Waals surface area contributed by atoms with Gasteiger partial charge in [0.2, 0.25) is 0 Å². The average molecular weight is 430 g/mol. The molecule has 6 heteroatoms. The molecule has 0 aliphatic carbocycles. The number of amides is 2. The molecule has 1 heterocycles. The van der Waals surface area contributed by atoms with Crippen molar-refractivity contribution in [2.45, 2.75) is 13.5 Å². The van der Waals surface area contributed by atoms with Crippen molar-refractivity contribution in [2.75, 3.05) is 18.6 Å². The Balaban J connectivity index is 1.77. The minimum Gasteiger partial charge on any atom is -0.494 e. The van der Waals surface area contributed by atoms with E-state index in [0.29, 0.717) is 41.4 Å². The third kappa shape index (κ3) is 4.12. The summed E-state index contributed by atoms with van der Waals surface area (Å²) in [6, 6.07) is 22.1. The van der Waals surface area contributed by atoms with Gasteiger partial charge in [-0.25, -0.2) is 9.29 Å². The second-order valence-electron chi connectivity index (χ2n) is 7.44. The molecule has 162 valence electrons. The topological polar surface area (TPSA) is 49.9 Å². The first-order chi connectivity index (χ1) is 15.5. The SMILES string of the molecule is CCOc1ccc(C2=C(N(C)Cc3ccccc3)C(=O)N(c3ccc(F)cc3)C2=O)cc1. The summed E-state index contributed by atoms with van der Waals surface area (Å²) in [4.78, 5) is 29.8. The highest BCUT2D eigenvalue weighted by molar-refractivity contribution is 6.45. The minimum atomic E-state index is -0.444. The summed E-state index contributed by atoms with van der Waals surface area (Å²) in [5.74, 6) is -0.637. The highest BCUT2D eigenvalue weighted by Gasteiger charge is 2.41. The molecule has 0 saturated heterocycles. The Morgan fingerprint density at radius 3 is 2.16 bits per heavy atom. The van der Waals surface area contributed by atoms with Crippen molar-refractivity contribution in [3.63, 3.8) is 0 Å².